The quantitative estimate of drug-likeness (QED) is 0.138. The van der Waals surface area contributed by atoms with Gasteiger partial charge in [-0.3, -0.25) is 10.6 Å². The third kappa shape index (κ3) is 5.31. The number of hydrogen-bond acceptors (Lipinski definition) is 6. The van der Waals surface area contributed by atoms with E-state index in [1.807, 2.05) is 40.9 Å². The zero-order chi connectivity index (χ0) is 33.9. The second kappa shape index (κ2) is 12.5. The minimum Gasteiger partial charge on any atom is -0.456 e. The fourth-order valence-electron chi connectivity index (χ4n) is 7.49. The first-order valence-electron chi connectivity index (χ1n) is 17.2. The molecule has 4 N–H and O–H groups in total. The fraction of sp³-hybridized carbons (Fsp3) is 0.0667. The van der Waals surface area contributed by atoms with Gasteiger partial charge in [0.1, 0.15) is 11.2 Å². The summed E-state index contributed by atoms with van der Waals surface area (Å²) in [4.78, 5) is 0. The molecule has 10 aromatic rings. The Kier molecular flexibility index (Phi) is 7.45. The van der Waals surface area contributed by atoms with Crippen LogP contribution in [0.3, 0.4) is 0 Å². The van der Waals surface area contributed by atoms with Gasteiger partial charge in [0.25, 0.3) is 0 Å². The van der Waals surface area contributed by atoms with Crippen molar-refractivity contribution in [3.8, 4) is 11.1 Å². The minimum absolute atomic E-state index is 0.286. The lowest BCUT2D eigenvalue weighted by atomic mass is 10.0. The van der Waals surface area contributed by atoms with E-state index in [1.54, 1.807) is 0 Å². The third-order valence-electron chi connectivity index (χ3n) is 10.0. The zero-order valence-electron chi connectivity index (χ0n) is 27.6. The largest absolute Gasteiger partial charge is 0.456 e. The molecule has 0 amide bonds. The summed E-state index contributed by atoms with van der Waals surface area (Å²) in [6.07, 6.45) is -0.675. The molecule has 2 atom stereocenters. The highest BCUT2D eigenvalue weighted by Gasteiger charge is 2.22. The number of furan rings is 1. The van der Waals surface area contributed by atoms with Crippen LogP contribution in [-0.4, -0.2) is 0 Å². The van der Waals surface area contributed by atoms with Gasteiger partial charge in [0.05, 0.1) is 12.3 Å². The number of thiophene rings is 2. The summed E-state index contributed by atoms with van der Waals surface area (Å²) < 4.78 is 12.0. The Morgan fingerprint density at radius 3 is 2.14 bits per heavy atom. The van der Waals surface area contributed by atoms with E-state index < -0.39 is 0 Å². The molecule has 2 unspecified atom stereocenters. The van der Waals surface area contributed by atoms with Gasteiger partial charge in [0, 0.05) is 63.2 Å². The van der Waals surface area contributed by atoms with Crippen molar-refractivity contribution in [3.05, 3.63) is 168 Å². The maximum Gasteiger partial charge on any atom is 0.141 e. The molecular formula is C45H33N3OS2. The van der Waals surface area contributed by atoms with E-state index in [0.29, 0.717) is 6.54 Å². The van der Waals surface area contributed by atoms with E-state index in [9.17, 15) is 0 Å². The molecule has 10 rings (SSSR count). The van der Waals surface area contributed by atoms with Gasteiger partial charge in [-0.15, -0.1) is 22.7 Å². The number of fused-ring (bicyclic) bond motifs is 9. The maximum absolute atomic E-state index is 6.82. The summed E-state index contributed by atoms with van der Waals surface area (Å²) in [5.41, 5.74) is 14.2. The fourth-order valence-corrected chi connectivity index (χ4v) is 9.81. The van der Waals surface area contributed by atoms with Crippen LogP contribution in [0.15, 0.2) is 156 Å². The first kappa shape index (κ1) is 30.5. The average molecular weight is 696 g/mol. The molecule has 3 aromatic heterocycles. The van der Waals surface area contributed by atoms with E-state index in [1.165, 1.54) is 51.5 Å². The summed E-state index contributed by atoms with van der Waals surface area (Å²) >= 11 is 3.69. The molecule has 51 heavy (non-hydrogen) atoms. The Labute approximate surface area is 302 Å². The Bertz CT molecular complexity index is 2890. The Morgan fingerprint density at radius 2 is 1.27 bits per heavy atom. The van der Waals surface area contributed by atoms with Crippen LogP contribution in [0.5, 0.6) is 0 Å². The lowest BCUT2D eigenvalue weighted by Crippen LogP contribution is -2.39. The highest BCUT2D eigenvalue weighted by Crippen LogP contribution is 2.42. The van der Waals surface area contributed by atoms with Gasteiger partial charge in [-0.2, -0.15) is 0 Å². The minimum atomic E-state index is -0.389. The van der Waals surface area contributed by atoms with Crippen LogP contribution in [-0.2, 0) is 6.54 Å². The van der Waals surface area contributed by atoms with E-state index in [2.05, 4.69) is 144 Å². The number of para-hydroxylation sites is 1. The monoisotopic (exact) mass is 695 g/mol. The van der Waals surface area contributed by atoms with Gasteiger partial charge >= 0.3 is 0 Å². The van der Waals surface area contributed by atoms with E-state index in [-0.39, 0.29) is 12.3 Å². The summed E-state index contributed by atoms with van der Waals surface area (Å²) in [5.74, 6) is 0. The van der Waals surface area contributed by atoms with Gasteiger partial charge < -0.3 is 10.2 Å². The standard InChI is InChI=1S/C45H33N3OS2/c46-44(28-10-2-1-3-11-28)48-45(47-26-27-20-23-41-37(24-27)33-13-5-6-18-39(33)50-41)36-17-9-15-34-31-22-21-29(25-38(31)49-42(34)36)30-14-8-16-35-32-12-4-7-19-40(32)51-43(30)35/h1-25,44-45,47-48H,26,46H2. The molecule has 0 aliphatic rings. The lowest BCUT2D eigenvalue weighted by Gasteiger charge is -2.25. The summed E-state index contributed by atoms with van der Waals surface area (Å²) in [5, 5.41) is 14.9. The predicted molar refractivity (Wildman–Crippen MR) is 217 cm³/mol. The summed E-state index contributed by atoms with van der Waals surface area (Å²) in [7, 11) is 0. The van der Waals surface area contributed by atoms with E-state index >= 15 is 0 Å². The Balaban J connectivity index is 1.05. The molecule has 6 heteroatoms. The van der Waals surface area contributed by atoms with Crippen molar-refractivity contribution in [2.24, 2.45) is 5.73 Å². The van der Waals surface area contributed by atoms with Crippen LogP contribution >= 0.6 is 22.7 Å². The van der Waals surface area contributed by atoms with Gasteiger partial charge in [-0.1, -0.05) is 115 Å². The van der Waals surface area contributed by atoms with Crippen molar-refractivity contribution in [1.29, 1.82) is 0 Å². The second-order valence-corrected chi connectivity index (χ2v) is 15.3. The number of nitrogens with two attached hydrogens (primary N) is 1. The molecule has 246 valence electrons. The predicted octanol–water partition coefficient (Wildman–Crippen LogP) is 12.0. The van der Waals surface area contributed by atoms with Crippen molar-refractivity contribution in [2.75, 3.05) is 0 Å². The molecule has 0 aliphatic heterocycles. The van der Waals surface area contributed by atoms with Crippen LogP contribution < -0.4 is 16.4 Å². The van der Waals surface area contributed by atoms with E-state index in [4.69, 9.17) is 10.2 Å². The first-order valence-corrected chi connectivity index (χ1v) is 18.9. The number of hydrogen-bond donors (Lipinski definition) is 3. The van der Waals surface area contributed by atoms with Crippen molar-refractivity contribution in [3.63, 3.8) is 0 Å². The van der Waals surface area contributed by atoms with E-state index in [0.717, 1.165) is 38.6 Å². The second-order valence-electron chi connectivity index (χ2n) is 13.1. The normalized spacial score (nSPS) is 13.3. The van der Waals surface area contributed by atoms with Crippen molar-refractivity contribution in [2.45, 2.75) is 18.9 Å². The molecule has 0 saturated carbocycles. The average Bonchev–Trinajstić information content (AvgIpc) is 3.87. The number of nitrogens with one attached hydrogen (secondary N) is 2. The number of benzene rings is 7. The molecule has 0 aliphatic carbocycles. The van der Waals surface area contributed by atoms with Crippen LogP contribution in [0.1, 0.15) is 29.0 Å². The molecule has 4 nitrogen and oxygen atoms in total. The van der Waals surface area contributed by atoms with Gasteiger partial charge in [-0.05, 0) is 58.7 Å². The smallest absolute Gasteiger partial charge is 0.141 e. The lowest BCUT2D eigenvalue weighted by molar-refractivity contribution is 0.385. The number of rotatable bonds is 8. The summed E-state index contributed by atoms with van der Waals surface area (Å²) in [6.45, 7) is 0.652. The van der Waals surface area contributed by atoms with Crippen molar-refractivity contribution < 1.29 is 4.42 Å². The molecule has 0 spiro atoms. The molecule has 0 saturated heterocycles. The van der Waals surface area contributed by atoms with Gasteiger partial charge in [-0.25, -0.2) is 0 Å². The molecule has 0 bridgehead atoms. The molecule has 3 heterocycles. The highest BCUT2D eigenvalue weighted by atomic mass is 32.1. The van der Waals surface area contributed by atoms with Crippen LogP contribution in [0.2, 0.25) is 0 Å². The molecule has 7 aromatic carbocycles. The van der Waals surface area contributed by atoms with Crippen LogP contribution in [0, 0.1) is 0 Å². The Hall–Kier alpha value is -5.34. The highest BCUT2D eigenvalue weighted by molar-refractivity contribution is 7.26. The first-order chi connectivity index (χ1) is 25.2. The third-order valence-corrected chi connectivity index (χ3v) is 12.4. The topological polar surface area (TPSA) is 63.2 Å². The van der Waals surface area contributed by atoms with Crippen LogP contribution in [0.4, 0.5) is 0 Å². The molecule has 0 fully saturated rings. The summed E-state index contributed by atoms with van der Waals surface area (Å²) in [6, 6.07) is 53.9. The zero-order valence-corrected chi connectivity index (χ0v) is 29.2. The molecular weight excluding hydrogens is 663 g/mol. The van der Waals surface area contributed by atoms with Crippen LogP contribution in [0.25, 0.3) is 73.4 Å². The SMILES string of the molecule is NC(NC(NCc1ccc2sc3ccccc3c2c1)c1cccc2c1oc1cc(-c3cccc4c3sc3ccccc34)ccc12)c1ccccc1. The van der Waals surface area contributed by atoms with Gasteiger partial charge in [0.2, 0.25) is 0 Å². The Morgan fingerprint density at radius 1 is 0.569 bits per heavy atom. The maximum atomic E-state index is 6.82. The van der Waals surface area contributed by atoms with Gasteiger partial charge in [0.15, 0.2) is 0 Å². The van der Waals surface area contributed by atoms with Crippen molar-refractivity contribution >= 4 is 85.0 Å². The molecule has 0 radical (unpaired) electrons. The van der Waals surface area contributed by atoms with Crippen molar-refractivity contribution in [1.82, 2.24) is 10.6 Å².